The summed E-state index contributed by atoms with van der Waals surface area (Å²) < 4.78 is 0. The molecule has 4 fully saturated rings. The normalized spacial score (nSPS) is 50.4. The highest BCUT2D eigenvalue weighted by Gasteiger charge is 2.62. The first-order valence-electron chi connectivity index (χ1n) is 12.4. The highest BCUT2D eigenvalue weighted by atomic mass is 16.3. The number of rotatable bonds is 4. The van der Waals surface area contributed by atoms with E-state index in [9.17, 15) is 9.90 Å². The summed E-state index contributed by atoms with van der Waals surface area (Å²) in [5.41, 5.74) is 0.604. The lowest BCUT2D eigenvalue weighted by Crippen LogP contribution is -2.57. The van der Waals surface area contributed by atoms with Gasteiger partial charge in [-0.3, -0.25) is 4.79 Å². The maximum absolute atomic E-state index is 13.2. The molecule has 0 heterocycles. The van der Waals surface area contributed by atoms with E-state index < -0.39 is 0 Å². The van der Waals surface area contributed by atoms with Crippen LogP contribution in [0, 0.1) is 52.3 Å². The summed E-state index contributed by atoms with van der Waals surface area (Å²) in [7, 11) is 0. The Labute approximate surface area is 173 Å². The molecule has 4 aliphatic carbocycles. The van der Waals surface area contributed by atoms with Gasteiger partial charge in [0.25, 0.3) is 0 Å². The van der Waals surface area contributed by atoms with Crippen LogP contribution in [0.25, 0.3) is 0 Å². The Hall–Kier alpha value is -0.370. The van der Waals surface area contributed by atoms with Gasteiger partial charge in [-0.05, 0) is 97.7 Å². The lowest BCUT2D eigenvalue weighted by Gasteiger charge is -2.60. The second-order valence-electron chi connectivity index (χ2n) is 12.0. The van der Waals surface area contributed by atoms with Crippen LogP contribution in [0.2, 0.25) is 0 Å². The molecule has 0 bridgehead atoms. The third kappa shape index (κ3) is 3.12. The number of hydrogen-bond acceptors (Lipinski definition) is 2. The van der Waals surface area contributed by atoms with Crippen LogP contribution >= 0.6 is 0 Å². The lowest BCUT2D eigenvalue weighted by atomic mass is 9.44. The van der Waals surface area contributed by atoms with Gasteiger partial charge in [0.05, 0.1) is 6.10 Å². The molecule has 2 heteroatoms. The summed E-state index contributed by atoms with van der Waals surface area (Å²) >= 11 is 0. The van der Waals surface area contributed by atoms with Crippen LogP contribution in [0.3, 0.4) is 0 Å². The Morgan fingerprint density at radius 2 is 1.71 bits per heavy atom. The van der Waals surface area contributed by atoms with Crippen LogP contribution in [0.15, 0.2) is 0 Å². The first-order valence-corrected chi connectivity index (χ1v) is 12.4. The molecule has 1 N–H and O–H groups in total. The number of hydrogen-bond donors (Lipinski definition) is 1. The van der Waals surface area contributed by atoms with E-state index in [0.717, 1.165) is 49.4 Å². The molecule has 28 heavy (non-hydrogen) atoms. The average Bonchev–Trinajstić information content (AvgIpc) is 3.00. The van der Waals surface area contributed by atoms with Gasteiger partial charge < -0.3 is 5.11 Å². The first kappa shape index (κ1) is 20.9. The van der Waals surface area contributed by atoms with Crippen molar-refractivity contribution in [3.8, 4) is 0 Å². The molecule has 160 valence electrons. The highest BCUT2D eigenvalue weighted by Crippen LogP contribution is 2.67. The van der Waals surface area contributed by atoms with Crippen LogP contribution < -0.4 is 0 Å². The van der Waals surface area contributed by atoms with Crippen molar-refractivity contribution in [2.24, 2.45) is 52.3 Å². The van der Waals surface area contributed by atoms with E-state index >= 15 is 0 Å². The molecule has 0 aromatic rings. The Bertz CT molecular complexity index is 599. The fourth-order valence-corrected chi connectivity index (χ4v) is 8.96. The Morgan fingerprint density at radius 3 is 2.43 bits per heavy atom. The van der Waals surface area contributed by atoms with Crippen LogP contribution in [-0.2, 0) is 4.79 Å². The van der Waals surface area contributed by atoms with Crippen LogP contribution in [-0.4, -0.2) is 17.0 Å². The predicted molar refractivity (Wildman–Crippen MR) is 115 cm³/mol. The second-order valence-corrected chi connectivity index (χ2v) is 12.0. The van der Waals surface area contributed by atoms with E-state index in [1.165, 1.54) is 38.5 Å². The Kier molecular flexibility index (Phi) is 5.52. The standard InChI is InChI=1S/C26H44O2/c1-6-16(2)13-17(3)20-7-8-21-19-15-24(28)23-14-18(27)9-11-26(23,5)22(19)10-12-25(20,21)4/h16-23,27H,6-15H2,1-5H3/t16-,17-,18-,19+,20-,21+,22+,23-,25-,26-/m1/s1. The van der Waals surface area contributed by atoms with Crippen molar-refractivity contribution in [1.82, 2.24) is 0 Å². The molecule has 4 rings (SSSR count). The molecule has 0 radical (unpaired) electrons. The Balaban J connectivity index is 1.56. The summed E-state index contributed by atoms with van der Waals surface area (Å²) in [4.78, 5) is 13.2. The van der Waals surface area contributed by atoms with Crippen molar-refractivity contribution >= 4 is 5.78 Å². The minimum atomic E-state index is -0.246. The Morgan fingerprint density at radius 1 is 1.04 bits per heavy atom. The third-order valence-corrected chi connectivity index (χ3v) is 10.7. The first-order chi connectivity index (χ1) is 13.2. The van der Waals surface area contributed by atoms with E-state index in [-0.39, 0.29) is 17.4 Å². The van der Waals surface area contributed by atoms with Gasteiger partial charge in [-0.1, -0.05) is 41.0 Å². The molecular formula is C26H44O2. The van der Waals surface area contributed by atoms with Gasteiger partial charge in [-0.15, -0.1) is 0 Å². The van der Waals surface area contributed by atoms with E-state index in [1.54, 1.807) is 0 Å². The fraction of sp³-hybridized carbons (Fsp3) is 0.962. The van der Waals surface area contributed by atoms with Gasteiger partial charge in [0.1, 0.15) is 5.78 Å². The molecule has 4 aliphatic rings. The summed E-state index contributed by atoms with van der Waals surface area (Å²) in [6.07, 6.45) is 11.3. The van der Waals surface area contributed by atoms with Crippen molar-refractivity contribution in [3.63, 3.8) is 0 Å². The van der Waals surface area contributed by atoms with Crippen molar-refractivity contribution in [1.29, 1.82) is 0 Å². The fourth-order valence-electron chi connectivity index (χ4n) is 8.96. The molecule has 0 saturated heterocycles. The molecule has 0 aromatic heterocycles. The summed E-state index contributed by atoms with van der Waals surface area (Å²) in [5, 5.41) is 10.2. The zero-order valence-electron chi connectivity index (χ0n) is 19.0. The zero-order valence-corrected chi connectivity index (χ0v) is 19.0. The van der Waals surface area contributed by atoms with Crippen molar-refractivity contribution in [2.45, 2.75) is 105 Å². The van der Waals surface area contributed by atoms with Gasteiger partial charge in [0.15, 0.2) is 0 Å². The van der Waals surface area contributed by atoms with Crippen molar-refractivity contribution < 1.29 is 9.90 Å². The molecular weight excluding hydrogens is 344 g/mol. The van der Waals surface area contributed by atoms with Gasteiger partial charge >= 0.3 is 0 Å². The summed E-state index contributed by atoms with van der Waals surface area (Å²) in [5.74, 6) is 5.19. The monoisotopic (exact) mass is 388 g/mol. The van der Waals surface area contributed by atoms with Crippen LogP contribution in [0.5, 0.6) is 0 Å². The van der Waals surface area contributed by atoms with E-state index in [0.29, 0.717) is 23.0 Å². The van der Waals surface area contributed by atoms with E-state index in [1.807, 2.05) is 0 Å². The minimum absolute atomic E-state index is 0.128. The SMILES string of the molecule is CC[C@@H](C)C[C@@H](C)[C@H]1CC[C@H]2[C@@H]3CC(=O)[C@H]4C[C@H](O)CC[C@]4(C)[C@H]3CC[C@]12C. The number of aliphatic hydroxyl groups excluding tert-OH is 1. The van der Waals surface area contributed by atoms with Crippen molar-refractivity contribution in [3.05, 3.63) is 0 Å². The predicted octanol–water partition coefficient (Wildman–Crippen LogP) is 6.26. The topological polar surface area (TPSA) is 37.3 Å². The second kappa shape index (κ2) is 7.40. The van der Waals surface area contributed by atoms with E-state index in [2.05, 4.69) is 34.6 Å². The smallest absolute Gasteiger partial charge is 0.136 e. The zero-order chi connectivity index (χ0) is 20.3. The van der Waals surface area contributed by atoms with Gasteiger partial charge in [0.2, 0.25) is 0 Å². The molecule has 4 saturated carbocycles. The number of carbonyl (C=O) groups is 1. The molecule has 0 amide bonds. The number of aliphatic hydroxyl groups is 1. The van der Waals surface area contributed by atoms with E-state index in [4.69, 9.17) is 0 Å². The van der Waals surface area contributed by atoms with Gasteiger partial charge in [0, 0.05) is 12.3 Å². The van der Waals surface area contributed by atoms with Gasteiger partial charge in [-0.25, -0.2) is 0 Å². The largest absolute Gasteiger partial charge is 0.393 e. The van der Waals surface area contributed by atoms with Crippen LogP contribution in [0.4, 0.5) is 0 Å². The highest BCUT2D eigenvalue weighted by molar-refractivity contribution is 5.83. The molecule has 2 nitrogen and oxygen atoms in total. The quantitative estimate of drug-likeness (QED) is 0.617. The molecule has 0 unspecified atom stereocenters. The van der Waals surface area contributed by atoms with Gasteiger partial charge in [-0.2, -0.15) is 0 Å². The number of fused-ring (bicyclic) bond motifs is 5. The third-order valence-electron chi connectivity index (χ3n) is 10.7. The molecule has 10 atom stereocenters. The average molecular weight is 389 g/mol. The van der Waals surface area contributed by atoms with Crippen molar-refractivity contribution in [2.75, 3.05) is 0 Å². The number of Topliss-reactive ketones (excluding diaryl/α,β-unsaturated/α-hetero) is 1. The molecule has 0 spiro atoms. The lowest BCUT2D eigenvalue weighted by molar-refractivity contribution is -0.160. The number of carbonyl (C=O) groups excluding carboxylic acids is 1. The minimum Gasteiger partial charge on any atom is -0.393 e. The maximum Gasteiger partial charge on any atom is 0.136 e. The van der Waals surface area contributed by atoms with Crippen LogP contribution in [0.1, 0.15) is 98.8 Å². The molecule has 0 aromatic carbocycles. The number of ketones is 1. The summed E-state index contributed by atoms with van der Waals surface area (Å²) in [6.45, 7) is 12.3. The molecule has 0 aliphatic heterocycles. The maximum atomic E-state index is 13.2. The summed E-state index contributed by atoms with van der Waals surface area (Å²) in [6, 6.07) is 0.